The Labute approximate surface area is 161 Å². The lowest BCUT2D eigenvalue weighted by Gasteiger charge is -2.21. The number of nitrogens with zero attached hydrogens (tertiary/aromatic N) is 2. The number of rotatable bonds is 5. The summed E-state index contributed by atoms with van der Waals surface area (Å²) in [5, 5.41) is 0. The molecule has 0 bridgehead atoms. The van der Waals surface area contributed by atoms with Crippen LogP contribution >= 0.6 is 0 Å². The quantitative estimate of drug-likeness (QED) is 0.772. The number of carbonyl (C=O) groups is 1. The molecule has 0 saturated carbocycles. The van der Waals surface area contributed by atoms with Crippen LogP contribution in [0.5, 0.6) is 0 Å². The largest absolute Gasteiger partial charge is 0.453 e. The number of ether oxygens (including phenoxy) is 1. The molecule has 1 fully saturated rings. The van der Waals surface area contributed by atoms with E-state index in [0.717, 1.165) is 30.7 Å². The third-order valence-corrected chi connectivity index (χ3v) is 4.72. The fourth-order valence-electron chi connectivity index (χ4n) is 3.26. The molecule has 0 aliphatic carbocycles. The molecule has 2 heterocycles. The first kappa shape index (κ1) is 20.4. The van der Waals surface area contributed by atoms with Crippen molar-refractivity contribution < 1.29 is 27.1 Å². The molecule has 1 aromatic carbocycles. The van der Waals surface area contributed by atoms with Crippen molar-refractivity contribution in [2.75, 3.05) is 33.3 Å². The van der Waals surface area contributed by atoms with Gasteiger partial charge in [-0.15, -0.1) is 0 Å². The van der Waals surface area contributed by atoms with E-state index in [1.165, 1.54) is 12.1 Å². The predicted octanol–water partition coefficient (Wildman–Crippen LogP) is 3.79. The highest BCUT2D eigenvalue weighted by molar-refractivity contribution is 5.91. The smallest absolute Gasteiger partial charge is 0.416 e. The van der Waals surface area contributed by atoms with Gasteiger partial charge in [-0.2, -0.15) is 13.2 Å². The summed E-state index contributed by atoms with van der Waals surface area (Å²) in [5.41, 5.74) is 0.179. The summed E-state index contributed by atoms with van der Waals surface area (Å²) >= 11 is 0. The molecule has 1 aliphatic rings. The third-order valence-electron chi connectivity index (χ3n) is 4.72. The maximum absolute atomic E-state index is 12.7. The van der Waals surface area contributed by atoms with Crippen LogP contribution in [0.25, 0.3) is 0 Å². The number of halogens is 3. The Balaban J connectivity index is 1.56. The Morgan fingerprint density at radius 2 is 1.82 bits per heavy atom. The lowest BCUT2D eigenvalue weighted by molar-refractivity contribution is -0.137. The lowest BCUT2D eigenvalue weighted by Crippen LogP contribution is -2.34. The van der Waals surface area contributed by atoms with Crippen LogP contribution in [0.3, 0.4) is 0 Å². The van der Waals surface area contributed by atoms with E-state index in [2.05, 4.69) is 4.90 Å². The Hall–Kier alpha value is -2.32. The molecule has 0 radical (unpaired) electrons. The van der Waals surface area contributed by atoms with Crippen molar-refractivity contribution in [1.29, 1.82) is 0 Å². The van der Waals surface area contributed by atoms with E-state index in [1.807, 2.05) is 0 Å². The normalized spacial score (nSPS) is 16.2. The first-order chi connectivity index (χ1) is 13.4. The fraction of sp³-hybridized carbons (Fsp3) is 0.450. The van der Waals surface area contributed by atoms with Crippen LogP contribution in [0, 0.1) is 0 Å². The standard InChI is InChI=1S/C20H23F3N2O3/c1-27-14-17-7-8-18(28-17)19(26)25-10-2-9-24(11-12-25)13-15-3-5-16(6-4-15)20(21,22)23/h3-8H,2,9-14H2,1H3. The fourth-order valence-corrected chi connectivity index (χ4v) is 3.26. The minimum absolute atomic E-state index is 0.154. The van der Waals surface area contributed by atoms with Crippen molar-refractivity contribution in [3.8, 4) is 0 Å². The van der Waals surface area contributed by atoms with Crippen molar-refractivity contribution in [1.82, 2.24) is 9.80 Å². The van der Waals surface area contributed by atoms with Crippen LogP contribution in [-0.2, 0) is 24.1 Å². The number of benzene rings is 1. The van der Waals surface area contributed by atoms with E-state index in [0.29, 0.717) is 44.3 Å². The Morgan fingerprint density at radius 3 is 2.50 bits per heavy atom. The van der Waals surface area contributed by atoms with Crippen molar-refractivity contribution in [2.24, 2.45) is 0 Å². The molecule has 1 aromatic heterocycles. The number of carbonyl (C=O) groups excluding carboxylic acids is 1. The van der Waals surface area contributed by atoms with Crippen LogP contribution < -0.4 is 0 Å². The van der Waals surface area contributed by atoms with Crippen LogP contribution in [0.1, 0.15) is 33.9 Å². The van der Waals surface area contributed by atoms with Gasteiger partial charge in [-0.3, -0.25) is 9.69 Å². The molecule has 3 rings (SSSR count). The second kappa shape index (κ2) is 8.79. The maximum Gasteiger partial charge on any atom is 0.416 e. The molecule has 5 nitrogen and oxygen atoms in total. The summed E-state index contributed by atoms with van der Waals surface area (Å²) in [7, 11) is 1.56. The highest BCUT2D eigenvalue weighted by atomic mass is 19.4. The van der Waals surface area contributed by atoms with Crippen molar-refractivity contribution in [3.63, 3.8) is 0 Å². The number of alkyl halides is 3. The molecule has 0 N–H and O–H groups in total. The predicted molar refractivity (Wildman–Crippen MR) is 96.7 cm³/mol. The second-order valence-corrected chi connectivity index (χ2v) is 6.82. The number of hydrogen-bond donors (Lipinski definition) is 0. The first-order valence-corrected chi connectivity index (χ1v) is 9.12. The Bertz CT molecular complexity index is 787. The van der Waals surface area contributed by atoms with Gasteiger partial charge in [-0.1, -0.05) is 12.1 Å². The van der Waals surface area contributed by atoms with Gasteiger partial charge in [0.2, 0.25) is 0 Å². The summed E-state index contributed by atoms with van der Waals surface area (Å²) in [6, 6.07) is 8.62. The van der Waals surface area contributed by atoms with Crippen molar-refractivity contribution in [2.45, 2.75) is 25.7 Å². The molecule has 1 saturated heterocycles. The van der Waals surface area contributed by atoms with Gasteiger partial charge in [0.25, 0.3) is 5.91 Å². The van der Waals surface area contributed by atoms with Crippen LogP contribution in [0.2, 0.25) is 0 Å². The van der Waals surface area contributed by atoms with Crippen LogP contribution in [0.15, 0.2) is 40.8 Å². The molecule has 0 atom stereocenters. The van der Waals surface area contributed by atoms with E-state index in [9.17, 15) is 18.0 Å². The van der Waals surface area contributed by atoms with Gasteiger partial charge in [0.15, 0.2) is 5.76 Å². The van der Waals surface area contributed by atoms with Gasteiger partial charge < -0.3 is 14.1 Å². The van der Waals surface area contributed by atoms with E-state index in [1.54, 1.807) is 24.1 Å². The average Bonchev–Trinajstić information content (AvgIpc) is 3.00. The number of hydrogen-bond acceptors (Lipinski definition) is 4. The number of methoxy groups -OCH3 is 1. The minimum Gasteiger partial charge on any atom is -0.453 e. The zero-order valence-electron chi connectivity index (χ0n) is 15.7. The van der Waals surface area contributed by atoms with Crippen molar-refractivity contribution in [3.05, 3.63) is 59.0 Å². The lowest BCUT2D eigenvalue weighted by atomic mass is 10.1. The SMILES string of the molecule is COCc1ccc(C(=O)N2CCCN(Cc3ccc(C(F)(F)F)cc3)CC2)o1. The summed E-state index contributed by atoms with van der Waals surface area (Å²) in [5.74, 6) is 0.742. The average molecular weight is 396 g/mol. The van der Waals surface area contributed by atoms with Crippen LogP contribution in [0.4, 0.5) is 13.2 Å². The number of amides is 1. The summed E-state index contributed by atoms with van der Waals surface area (Å²) in [6.45, 7) is 3.45. The second-order valence-electron chi connectivity index (χ2n) is 6.82. The molecule has 152 valence electrons. The Kier molecular flexibility index (Phi) is 6.41. The van der Waals surface area contributed by atoms with E-state index < -0.39 is 11.7 Å². The van der Waals surface area contributed by atoms with Gasteiger partial charge in [0.1, 0.15) is 12.4 Å². The Morgan fingerprint density at radius 1 is 1.07 bits per heavy atom. The van der Waals surface area contributed by atoms with Gasteiger partial charge in [0, 0.05) is 39.8 Å². The molecule has 0 unspecified atom stereocenters. The summed E-state index contributed by atoms with van der Waals surface area (Å²) < 4.78 is 48.5. The summed E-state index contributed by atoms with van der Waals surface area (Å²) in [4.78, 5) is 16.5. The summed E-state index contributed by atoms with van der Waals surface area (Å²) in [6.07, 6.45) is -3.53. The highest BCUT2D eigenvalue weighted by Gasteiger charge is 2.30. The minimum atomic E-state index is -4.32. The maximum atomic E-state index is 12.7. The zero-order valence-corrected chi connectivity index (χ0v) is 15.7. The first-order valence-electron chi connectivity index (χ1n) is 9.12. The molecule has 1 aliphatic heterocycles. The molecule has 28 heavy (non-hydrogen) atoms. The van der Waals surface area contributed by atoms with E-state index >= 15 is 0 Å². The van der Waals surface area contributed by atoms with Crippen LogP contribution in [-0.4, -0.2) is 49.0 Å². The molecular formula is C20H23F3N2O3. The number of furan rings is 1. The van der Waals surface area contributed by atoms with Gasteiger partial charge in [-0.05, 0) is 36.2 Å². The van der Waals surface area contributed by atoms with Crippen molar-refractivity contribution >= 4 is 5.91 Å². The molecule has 2 aromatic rings. The monoisotopic (exact) mass is 396 g/mol. The zero-order chi connectivity index (χ0) is 20.1. The van der Waals surface area contributed by atoms with Gasteiger partial charge >= 0.3 is 6.18 Å². The van der Waals surface area contributed by atoms with Gasteiger partial charge in [-0.25, -0.2) is 0 Å². The highest BCUT2D eigenvalue weighted by Crippen LogP contribution is 2.29. The molecular weight excluding hydrogens is 373 g/mol. The molecule has 1 amide bonds. The van der Waals surface area contributed by atoms with E-state index in [-0.39, 0.29) is 5.91 Å². The molecule has 8 heteroatoms. The topological polar surface area (TPSA) is 45.9 Å². The molecule has 0 spiro atoms. The third kappa shape index (κ3) is 5.14. The van der Waals surface area contributed by atoms with Gasteiger partial charge in [0.05, 0.1) is 5.56 Å². The van der Waals surface area contributed by atoms with E-state index in [4.69, 9.17) is 9.15 Å².